The van der Waals surface area contributed by atoms with Crippen molar-refractivity contribution in [2.24, 2.45) is 0 Å². The average molecular weight is 288 g/mol. The van der Waals surface area contributed by atoms with Crippen LogP contribution in [-0.4, -0.2) is 49.3 Å². The van der Waals surface area contributed by atoms with Crippen molar-refractivity contribution in [1.82, 2.24) is 4.90 Å². The molecule has 0 atom stereocenters. The highest BCUT2D eigenvalue weighted by molar-refractivity contribution is 6.17. The molecule has 0 amide bonds. The van der Waals surface area contributed by atoms with E-state index in [1.54, 1.807) is 0 Å². The fourth-order valence-electron chi connectivity index (χ4n) is 2.05. The first-order valence-corrected chi connectivity index (χ1v) is 7.01. The third-order valence-electron chi connectivity index (χ3n) is 3.17. The summed E-state index contributed by atoms with van der Waals surface area (Å²) in [5, 5.41) is 0. The summed E-state index contributed by atoms with van der Waals surface area (Å²) in [5.41, 5.74) is 0. The molecule has 0 N–H and O–H groups in total. The summed E-state index contributed by atoms with van der Waals surface area (Å²) in [7, 11) is 0. The summed E-state index contributed by atoms with van der Waals surface area (Å²) >= 11 is 5.67. The molecule has 0 radical (unpaired) electrons. The molecule has 1 fully saturated rings. The Morgan fingerprint density at radius 2 is 1.83 bits per heavy atom. The van der Waals surface area contributed by atoms with Crippen molar-refractivity contribution in [3.05, 3.63) is 0 Å². The smallest absolute Gasteiger partial charge is 0.372 e. The van der Waals surface area contributed by atoms with Crippen molar-refractivity contribution < 1.29 is 17.9 Å². The zero-order valence-electron chi connectivity index (χ0n) is 10.5. The average Bonchev–Trinajstić information content (AvgIpc) is 2.20. The summed E-state index contributed by atoms with van der Waals surface area (Å²) < 4.78 is 40.2. The molecule has 108 valence electrons. The Morgan fingerprint density at radius 1 is 1.17 bits per heavy atom. The van der Waals surface area contributed by atoms with Crippen molar-refractivity contribution >= 4 is 11.6 Å². The van der Waals surface area contributed by atoms with Gasteiger partial charge in [-0.1, -0.05) is 6.42 Å². The Morgan fingerprint density at radius 3 is 2.33 bits per heavy atom. The second-order valence-electron chi connectivity index (χ2n) is 4.68. The van der Waals surface area contributed by atoms with Crippen LogP contribution in [0.15, 0.2) is 0 Å². The van der Waals surface area contributed by atoms with Gasteiger partial charge < -0.3 is 9.64 Å². The Balaban J connectivity index is 2.09. The van der Waals surface area contributed by atoms with Crippen LogP contribution in [0.5, 0.6) is 0 Å². The maximum atomic E-state index is 11.8. The van der Waals surface area contributed by atoms with Crippen LogP contribution in [-0.2, 0) is 4.74 Å². The minimum Gasteiger partial charge on any atom is -0.372 e. The van der Waals surface area contributed by atoms with Crippen LogP contribution in [0.2, 0.25) is 0 Å². The number of nitrogens with zero attached hydrogens (tertiary/aromatic N) is 1. The van der Waals surface area contributed by atoms with E-state index in [1.807, 2.05) is 0 Å². The zero-order chi connectivity index (χ0) is 13.4. The van der Waals surface area contributed by atoms with Crippen molar-refractivity contribution in [1.29, 1.82) is 0 Å². The van der Waals surface area contributed by atoms with E-state index in [0.717, 1.165) is 19.5 Å². The summed E-state index contributed by atoms with van der Waals surface area (Å²) in [6.07, 6.45) is 1.02. The lowest BCUT2D eigenvalue weighted by atomic mass is 9.91. The third kappa shape index (κ3) is 6.81. The Labute approximate surface area is 111 Å². The predicted molar refractivity (Wildman–Crippen MR) is 66.0 cm³/mol. The molecule has 0 saturated heterocycles. The fraction of sp³-hybridized carbons (Fsp3) is 1.00. The van der Waals surface area contributed by atoms with Gasteiger partial charge in [0.15, 0.2) is 0 Å². The van der Waals surface area contributed by atoms with Gasteiger partial charge in [0.05, 0.1) is 0 Å². The molecule has 0 bridgehead atoms. The van der Waals surface area contributed by atoms with Gasteiger partial charge in [-0.05, 0) is 32.2 Å². The topological polar surface area (TPSA) is 12.5 Å². The molecule has 0 aromatic carbocycles. The van der Waals surface area contributed by atoms with Crippen molar-refractivity contribution in [3.8, 4) is 0 Å². The minimum absolute atomic E-state index is 0.170. The number of hydrogen-bond acceptors (Lipinski definition) is 2. The van der Waals surface area contributed by atoms with Gasteiger partial charge in [-0.25, -0.2) is 0 Å². The molecule has 18 heavy (non-hydrogen) atoms. The minimum atomic E-state index is -4.22. The monoisotopic (exact) mass is 287 g/mol. The second kappa shape index (κ2) is 8.23. The quantitative estimate of drug-likeness (QED) is 0.476. The van der Waals surface area contributed by atoms with Gasteiger partial charge in [0.1, 0.15) is 6.61 Å². The standard InChI is InChI=1S/C12H21ClF3NO/c13-6-2-7-17(11-4-1-5-11)8-3-9-18-10-12(14,15)16/h11H,1-10H2. The van der Waals surface area contributed by atoms with E-state index in [1.165, 1.54) is 19.3 Å². The van der Waals surface area contributed by atoms with Gasteiger partial charge in [-0.15, -0.1) is 11.6 Å². The number of halogens is 4. The maximum absolute atomic E-state index is 11.8. The maximum Gasteiger partial charge on any atom is 0.411 e. The van der Waals surface area contributed by atoms with Gasteiger partial charge >= 0.3 is 6.18 Å². The molecule has 1 aliphatic rings. The van der Waals surface area contributed by atoms with E-state index >= 15 is 0 Å². The molecule has 0 unspecified atom stereocenters. The molecule has 0 aromatic heterocycles. The number of alkyl halides is 4. The third-order valence-corrected chi connectivity index (χ3v) is 3.44. The van der Waals surface area contributed by atoms with E-state index in [9.17, 15) is 13.2 Å². The molecule has 6 heteroatoms. The molecule has 0 heterocycles. The molecule has 1 rings (SSSR count). The van der Waals surface area contributed by atoms with Gasteiger partial charge in [0.2, 0.25) is 0 Å². The van der Waals surface area contributed by atoms with Crippen LogP contribution >= 0.6 is 11.6 Å². The van der Waals surface area contributed by atoms with Crippen LogP contribution in [0.1, 0.15) is 32.1 Å². The largest absolute Gasteiger partial charge is 0.411 e. The van der Waals surface area contributed by atoms with Gasteiger partial charge in [-0.3, -0.25) is 0 Å². The molecule has 2 nitrogen and oxygen atoms in total. The molecular weight excluding hydrogens is 267 g/mol. The normalized spacial score (nSPS) is 17.2. The van der Waals surface area contributed by atoms with Crippen molar-refractivity contribution in [2.75, 3.05) is 32.2 Å². The van der Waals surface area contributed by atoms with E-state index < -0.39 is 12.8 Å². The zero-order valence-corrected chi connectivity index (χ0v) is 11.3. The van der Waals surface area contributed by atoms with Crippen LogP contribution in [0, 0.1) is 0 Å². The van der Waals surface area contributed by atoms with Crippen molar-refractivity contribution in [2.45, 2.75) is 44.3 Å². The van der Waals surface area contributed by atoms with Gasteiger partial charge in [0.25, 0.3) is 0 Å². The van der Waals surface area contributed by atoms with E-state index in [4.69, 9.17) is 11.6 Å². The van der Waals surface area contributed by atoms with Crippen LogP contribution < -0.4 is 0 Å². The highest BCUT2D eigenvalue weighted by Gasteiger charge is 2.27. The Hall–Kier alpha value is 0. The highest BCUT2D eigenvalue weighted by Crippen LogP contribution is 2.25. The molecule has 1 saturated carbocycles. The Kier molecular flexibility index (Phi) is 7.34. The molecular formula is C12H21ClF3NO. The number of rotatable bonds is 9. The first kappa shape index (κ1) is 16.1. The SMILES string of the molecule is FC(F)(F)COCCCN(CCCCl)C1CCC1. The molecule has 0 aromatic rings. The lowest BCUT2D eigenvalue weighted by Gasteiger charge is -2.37. The number of hydrogen-bond donors (Lipinski definition) is 0. The van der Waals surface area contributed by atoms with E-state index in [0.29, 0.717) is 18.3 Å². The van der Waals surface area contributed by atoms with Crippen LogP contribution in [0.4, 0.5) is 13.2 Å². The summed E-state index contributed by atoms with van der Waals surface area (Å²) in [6, 6.07) is 0.607. The fourth-order valence-corrected chi connectivity index (χ4v) is 2.17. The van der Waals surface area contributed by atoms with Crippen molar-refractivity contribution in [3.63, 3.8) is 0 Å². The summed E-state index contributed by atoms with van der Waals surface area (Å²) in [4.78, 5) is 2.34. The van der Waals surface area contributed by atoms with Gasteiger partial charge in [-0.2, -0.15) is 13.2 Å². The molecule has 0 spiro atoms. The summed E-state index contributed by atoms with van der Waals surface area (Å²) in [6.45, 7) is 0.772. The van der Waals surface area contributed by atoms with Crippen LogP contribution in [0.3, 0.4) is 0 Å². The second-order valence-corrected chi connectivity index (χ2v) is 5.06. The molecule has 0 aliphatic heterocycles. The summed E-state index contributed by atoms with van der Waals surface area (Å²) in [5.74, 6) is 0.633. The Bertz CT molecular complexity index is 222. The van der Waals surface area contributed by atoms with Gasteiger partial charge in [0, 0.05) is 25.1 Å². The lowest BCUT2D eigenvalue weighted by molar-refractivity contribution is -0.174. The van der Waals surface area contributed by atoms with E-state index in [-0.39, 0.29) is 6.61 Å². The van der Waals surface area contributed by atoms with Crippen LogP contribution in [0.25, 0.3) is 0 Å². The lowest BCUT2D eigenvalue weighted by Crippen LogP contribution is -2.41. The molecule has 1 aliphatic carbocycles. The first-order valence-electron chi connectivity index (χ1n) is 6.47. The highest BCUT2D eigenvalue weighted by atomic mass is 35.5. The first-order chi connectivity index (χ1) is 8.53. The van der Waals surface area contributed by atoms with E-state index in [2.05, 4.69) is 9.64 Å². The number of ether oxygens (including phenoxy) is 1. The predicted octanol–water partition coefficient (Wildman–Crippen LogP) is 3.44.